The largest absolute Gasteiger partial charge is 0.478 e. The molecule has 1 aliphatic carbocycles. The standard InChI is InChI=1S/C17H24O4S/c1-4-12-9-15(13-8-6-5-7-11(13)2)16(22(3,20)21)10-14(12)17(18)19/h9-11,13H,4-8H2,1-3H3,(H,18,19). The number of hydrogen-bond acceptors (Lipinski definition) is 3. The summed E-state index contributed by atoms with van der Waals surface area (Å²) in [5, 5.41) is 9.35. The van der Waals surface area contributed by atoms with E-state index < -0.39 is 15.8 Å². The lowest BCUT2D eigenvalue weighted by atomic mass is 9.76. The van der Waals surface area contributed by atoms with Crippen LogP contribution in [0.2, 0.25) is 0 Å². The minimum Gasteiger partial charge on any atom is -0.478 e. The highest BCUT2D eigenvalue weighted by molar-refractivity contribution is 7.90. The quantitative estimate of drug-likeness (QED) is 0.917. The fourth-order valence-electron chi connectivity index (χ4n) is 3.52. The number of carbonyl (C=O) groups is 1. The van der Waals surface area contributed by atoms with Crippen LogP contribution in [0.1, 0.15) is 66.9 Å². The first kappa shape index (κ1) is 17.0. The summed E-state index contributed by atoms with van der Waals surface area (Å²) in [4.78, 5) is 11.6. The van der Waals surface area contributed by atoms with Gasteiger partial charge in [-0.05, 0) is 41.9 Å². The second-order valence-corrected chi connectivity index (χ2v) is 8.33. The molecule has 122 valence electrons. The van der Waals surface area contributed by atoms with Crippen molar-refractivity contribution in [2.45, 2.75) is 56.8 Å². The number of aromatic carboxylic acids is 1. The summed E-state index contributed by atoms with van der Waals surface area (Å²) in [6, 6.07) is 3.19. The molecule has 0 spiro atoms. The van der Waals surface area contributed by atoms with E-state index in [1.807, 2.05) is 13.0 Å². The third-order valence-electron chi connectivity index (χ3n) is 4.76. The van der Waals surface area contributed by atoms with E-state index in [0.29, 0.717) is 17.9 Å². The first-order valence-electron chi connectivity index (χ1n) is 7.85. The Morgan fingerprint density at radius 2 is 1.91 bits per heavy atom. The Morgan fingerprint density at radius 1 is 1.27 bits per heavy atom. The van der Waals surface area contributed by atoms with Crippen LogP contribution in [0.25, 0.3) is 0 Å². The van der Waals surface area contributed by atoms with Crippen LogP contribution in [0.5, 0.6) is 0 Å². The van der Waals surface area contributed by atoms with Crippen LogP contribution < -0.4 is 0 Å². The average molecular weight is 324 g/mol. The third kappa shape index (κ3) is 3.35. The van der Waals surface area contributed by atoms with Gasteiger partial charge in [0, 0.05) is 6.26 Å². The van der Waals surface area contributed by atoms with E-state index in [-0.39, 0.29) is 16.4 Å². The Hall–Kier alpha value is -1.36. The maximum absolute atomic E-state index is 12.2. The van der Waals surface area contributed by atoms with E-state index in [9.17, 15) is 18.3 Å². The lowest BCUT2D eigenvalue weighted by Crippen LogP contribution is -2.19. The monoisotopic (exact) mass is 324 g/mol. The van der Waals surface area contributed by atoms with Gasteiger partial charge in [0.15, 0.2) is 9.84 Å². The number of rotatable bonds is 4. The molecule has 5 heteroatoms. The van der Waals surface area contributed by atoms with Gasteiger partial charge >= 0.3 is 5.97 Å². The van der Waals surface area contributed by atoms with Crippen LogP contribution in [-0.2, 0) is 16.3 Å². The summed E-state index contributed by atoms with van der Waals surface area (Å²) in [5.41, 5.74) is 1.64. The lowest BCUT2D eigenvalue weighted by molar-refractivity contribution is 0.0695. The van der Waals surface area contributed by atoms with Crippen molar-refractivity contribution < 1.29 is 18.3 Å². The van der Waals surface area contributed by atoms with Crippen molar-refractivity contribution in [1.82, 2.24) is 0 Å². The second-order valence-electron chi connectivity index (χ2n) is 6.35. The Balaban J connectivity index is 2.67. The second kappa shape index (κ2) is 6.41. The number of hydrogen-bond donors (Lipinski definition) is 1. The predicted molar refractivity (Wildman–Crippen MR) is 86.3 cm³/mol. The number of benzene rings is 1. The van der Waals surface area contributed by atoms with E-state index in [1.54, 1.807) is 0 Å². The van der Waals surface area contributed by atoms with E-state index in [2.05, 4.69) is 6.92 Å². The van der Waals surface area contributed by atoms with Crippen molar-refractivity contribution in [1.29, 1.82) is 0 Å². The molecule has 4 nitrogen and oxygen atoms in total. The molecule has 1 aromatic carbocycles. The summed E-state index contributed by atoms with van der Waals surface area (Å²) < 4.78 is 24.4. The first-order valence-corrected chi connectivity index (χ1v) is 9.75. The Kier molecular flexibility index (Phi) is 4.95. The van der Waals surface area contributed by atoms with Gasteiger partial charge in [0.25, 0.3) is 0 Å². The summed E-state index contributed by atoms with van der Waals surface area (Å²) in [7, 11) is -3.45. The zero-order chi connectivity index (χ0) is 16.5. The maximum Gasteiger partial charge on any atom is 0.336 e. The van der Waals surface area contributed by atoms with Crippen molar-refractivity contribution >= 4 is 15.8 Å². The first-order chi connectivity index (χ1) is 10.3. The van der Waals surface area contributed by atoms with Crippen molar-refractivity contribution in [3.05, 3.63) is 28.8 Å². The van der Waals surface area contributed by atoms with Crippen LogP contribution in [0.3, 0.4) is 0 Å². The van der Waals surface area contributed by atoms with Gasteiger partial charge in [-0.25, -0.2) is 13.2 Å². The average Bonchev–Trinajstić information content (AvgIpc) is 2.45. The highest BCUT2D eigenvalue weighted by Gasteiger charge is 2.29. The Labute approximate surface area is 132 Å². The molecule has 1 aromatic rings. The van der Waals surface area contributed by atoms with E-state index in [1.165, 1.54) is 12.5 Å². The molecule has 0 aromatic heterocycles. The maximum atomic E-state index is 12.2. The zero-order valence-electron chi connectivity index (χ0n) is 13.4. The van der Waals surface area contributed by atoms with Gasteiger partial charge in [-0.1, -0.05) is 39.2 Å². The fraction of sp³-hybridized carbons (Fsp3) is 0.588. The van der Waals surface area contributed by atoms with Gasteiger partial charge in [0.1, 0.15) is 0 Å². The van der Waals surface area contributed by atoms with Crippen LogP contribution in [0.4, 0.5) is 0 Å². The van der Waals surface area contributed by atoms with E-state index >= 15 is 0 Å². The fourth-order valence-corrected chi connectivity index (χ4v) is 4.49. The molecule has 1 aliphatic rings. The SMILES string of the molecule is CCc1cc(C2CCCCC2C)c(S(C)(=O)=O)cc1C(=O)O. The molecule has 0 radical (unpaired) electrons. The molecule has 0 saturated heterocycles. The van der Waals surface area contributed by atoms with Crippen molar-refractivity contribution in [2.24, 2.45) is 5.92 Å². The molecule has 1 saturated carbocycles. The highest BCUT2D eigenvalue weighted by atomic mass is 32.2. The minimum atomic E-state index is -3.45. The molecule has 1 fully saturated rings. The van der Waals surface area contributed by atoms with Crippen molar-refractivity contribution in [2.75, 3.05) is 6.26 Å². The molecule has 2 unspecified atom stereocenters. The summed E-state index contributed by atoms with van der Waals surface area (Å²) in [6.45, 7) is 4.06. The summed E-state index contributed by atoms with van der Waals surface area (Å²) in [6.07, 6.45) is 6.09. The molecule has 0 amide bonds. The highest BCUT2D eigenvalue weighted by Crippen LogP contribution is 2.41. The molecule has 1 N–H and O–H groups in total. The van der Waals surface area contributed by atoms with Gasteiger partial charge < -0.3 is 5.11 Å². The third-order valence-corrected chi connectivity index (χ3v) is 5.91. The van der Waals surface area contributed by atoms with Crippen molar-refractivity contribution in [3.8, 4) is 0 Å². The van der Waals surface area contributed by atoms with E-state index in [4.69, 9.17) is 0 Å². The van der Waals surface area contributed by atoms with Crippen LogP contribution in [-0.4, -0.2) is 25.7 Å². The van der Waals surface area contributed by atoms with Gasteiger partial charge in [0.2, 0.25) is 0 Å². The number of carboxylic acid groups (broad SMARTS) is 1. The molecule has 2 atom stereocenters. The van der Waals surface area contributed by atoms with Crippen LogP contribution in [0, 0.1) is 5.92 Å². The molecule has 22 heavy (non-hydrogen) atoms. The number of aryl methyl sites for hydroxylation is 1. The molecular weight excluding hydrogens is 300 g/mol. The number of sulfone groups is 1. The van der Waals surface area contributed by atoms with Gasteiger partial charge in [-0.2, -0.15) is 0 Å². The molecule has 0 aliphatic heterocycles. The van der Waals surface area contributed by atoms with Gasteiger partial charge in [0.05, 0.1) is 10.5 Å². The lowest BCUT2D eigenvalue weighted by Gasteiger charge is -2.31. The molecule has 0 heterocycles. The Morgan fingerprint density at radius 3 is 2.41 bits per heavy atom. The number of carboxylic acids is 1. The minimum absolute atomic E-state index is 0.107. The molecule has 0 bridgehead atoms. The Bertz CT molecular complexity index is 676. The summed E-state index contributed by atoms with van der Waals surface area (Å²) in [5.74, 6) is -0.439. The normalized spacial score (nSPS) is 22.5. The summed E-state index contributed by atoms with van der Waals surface area (Å²) >= 11 is 0. The van der Waals surface area contributed by atoms with Crippen LogP contribution in [0.15, 0.2) is 17.0 Å². The van der Waals surface area contributed by atoms with Crippen molar-refractivity contribution in [3.63, 3.8) is 0 Å². The van der Waals surface area contributed by atoms with E-state index in [0.717, 1.165) is 31.1 Å². The smallest absolute Gasteiger partial charge is 0.336 e. The van der Waals surface area contributed by atoms with Crippen LogP contribution >= 0.6 is 0 Å². The zero-order valence-corrected chi connectivity index (χ0v) is 14.2. The molecular formula is C17H24O4S. The van der Waals surface area contributed by atoms with Gasteiger partial charge in [-0.15, -0.1) is 0 Å². The van der Waals surface area contributed by atoms with Gasteiger partial charge in [-0.3, -0.25) is 0 Å². The molecule has 2 rings (SSSR count). The predicted octanol–water partition coefficient (Wildman–Crippen LogP) is 3.64. The topological polar surface area (TPSA) is 71.4 Å².